The van der Waals surface area contributed by atoms with E-state index < -0.39 is 17.7 Å². The minimum atomic E-state index is -0.645. The standard InChI is InChI=1S/C20H14BrClFN3O4S/c1-29-18(27)8-17-19(28)25-20(31-17)26-24-9-11-7-12(21)5-6-16(11)30-10-13-14(22)3-2-4-15(13)23/h2-9H,10H2,1H3,(H,25,26,28)/b17-8+,24-9?. The molecule has 1 aliphatic rings. The Kier molecular flexibility index (Phi) is 7.83. The van der Waals surface area contributed by atoms with E-state index in [-0.39, 0.29) is 27.3 Å². The fraction of sp³-hybridized carbons (Fsp3) is 0.100. The van der Waals surface area contributed by atoms with Crippen molar-refractivity contribution in [1.29, 1.82) is 0 Å². The van der Waals surface area contributed by atoms with E-state index in [0.29, 0.717) is 11.3 Å². The van der Waals surface area contributed by atoms with Crippen molar-refractivity contribution in [2.24, 2.45) is 10.2 Å². The normalized spacial score (nSPS) is 16.2. The maximum atomic E-state index is 14.0. The fourth-order valence-electron chi connectivity index (χ4n) is 2.36. The third kappa shape index (κ3) is 6.16. The van der Waals surface area contributed by atoms with Gasteiger partial charge >= 0.3 is 5.97 Å². The first-order chi connectivity index (χ1) is 14.9. The maximum Gasteiger partial charge on any atom is 0.331 e. The zero-order valence-electron chi connectivity index (χ0n) is 15.9. The number of hydrogen-bond donors (Lipinski definition) is 1. The number of methoxy groups -OCH3 is 1. The van der Waals surface area contributed by atoms with Crippen LogP contribution in [0, 0.1) is 5.82 Å². The zero-order chi connectivity index (χ0) is 22.4. The minimum absolute atomic E-state index is 0.0733. The van der Waals surface area contributed by atoms with Crippen LogP contribution in [-0.4, -0.2) is 30.4 Å². The van der Waals surface area contributed by atoms with Crippen molar-refractivity contribution in [3.8, 4) is 5.75 Å². The molecule has 0 saturated carbocycles. The van der Waals surface area contributed by atoms with Gasteiger partial charge in [0.15, 0.2) is 5.17 Å². The third-order valence-electron chi connectivity index (χ3n) is 3.85. The van der Waals surface area contributed by atoms with E-state index >= 15 is 0 Å². The highest BCUT2D eigenvalue weighted by Crippen LogP contribution is 2.26. The number of amides is 1. The van der Waals surface area contributed by atoms with Gasteiger partial charge in [-0.2, -0.15) is 5.10 Å². The number of carbonyl (C=O) groups excluding carboxylic acids is 2. The van der Waals surface area contributed by atoms with Crippen molar-refractivity contribution in [1.82, 2.24) is 5.32 Å². The zero-order valence-corrected chi connectivity index (χ0v) is 19.1. The number of nitrogens with zero attached hydrogens (tertiary/aromatic N) is 2. The molecule has 0 aliphatic carbocycles. The maximum absolute atomic E-state index is 14.0. The predicted molar refractivity (Wildman–Crippen MR) is 121 cm³/mol. The SMILES string of the molecule is COC(=O)/C=C1/S/C(=N\N=Cc2cc(Br)ccc2OCc2c(F)cccc2Cl)NC1=O. The number of hydrogen-bond acceptors (Lipinski definition) is 7. The van der Waals surface area contributed by atoms with E-state index in [1.807, 2.05) is 0 Å². The highest BCUT2D eigenvalue weighted by molar-refractivity contribution is 9.10. The van der Waals surface area contributed by atoms with Gasteiger partial charge in [-0.25, -0.2) is 9.18 Å². The van der Waals surface area contributed by atoms with Crippen molar-refractivity contribution in [3.05, 3.63) is 73.8 Å². The molecule has 1 saturated heterocycles. The summed E-state index contributed by atoms with van der Waals surface area (Å²) in [6.07, 6.45) is 2.49. The van der Waals surface area contributed by atoms with E-state index in [0.717, 1.165) is 22.3 Å². The van der Waals surface area contributed by atoms with Gasteiger partial charge < -0.3 is 9.47 Å². The van der Waals surface area contributed by atoms with Crippen LogP contribution in [0.3, 0.4) is 0 Å². The number of ether oxygens (including phenoxy) is 2. The van der Waals surface area contributed by atoms with Crippen LogP contribution in [0.25, 0.3) is 0 Å². The van der Waals surface area contributed by atoms with E-state index in [1.165, 1.54) is 25.5 Å². The first-order valence-corrected chi connectivity index (χ1v) is 10.6. The summed E-state index contributed by atoms with van der Waals surface area (Å²) < 4.78 is 25.0. The molecule has 0 aromatic heterocycles. The molecule has 7 nitrogen and oxygen atoms in total. The molecule has 0 atom stereocenters. The Balaban J connectivity index is 1.75. The number of amidine groups is 1. The summed E-state index contributed by atoms with van der Waals surface area (Å²) >= 11 is 10.4. The Morgan fingerprint density at radius 3 is 2.90 bits per heavy atom. The fourth-order valence-corrected chi connectivity index (χ4v) is 3.69. The lowest BCUT2D eigenvalue weighted by atomic mass is 10.2. The van der Waals surface area contributed by atoms with Crippen LogP contribution in [0.15, 0.2) is 62.1 Å². The Bertz CT molecular complexity index is 1100. The number of esters is 1. The molecule has 0 radical (unpaired) electrons. The second kappa shape index (κ2) is 10.6. The molecule has 1 amide bonds. The molecule has 1 N–H and O–H groups in total. The van der Waals surface area contributed by atoms with Gasteiger partial charge in [-0.15, -0.1) is 5.10 Å². The van der Waals surface area contributed by atoms with Gasteiger partial charge in [0.25, 0.3) is 5.91 Å². The van der Waals surface area contributed by atoms with Crippen molar-refractivity contribution in [3.63, 3.8) is 0 Å². The molecule has 31 heavy (non-hydrogen) atoms. The van der Waals surface area contributed by atoms with Crippen LogP contribution in [0.2, 0.25) is 5.02 Å². The summed E-state index contributed by atoms with van der Waals surface area (Å²) in [6, 6.07) is 9.60. The molecule has 0 spiro atoms. The van der Waals surface area contributed by atoms with E-state index in [9.17, 15) is 14.0 Å². The van der Waals surface area contributed by atoms with E-state index in [4.69, 9.17) is 16.3 Å². The Hall–Kier alpha value is -2.69. The van der Waals surface area contributed by atoms with E-state index in [2.05, 4.69) is 36.2 Å². The molecule has 1 aliphatic heterocycles. The van der Waals surface area contributed by atoms with Crippen LogP contribution in [0.5, 0.6) is 5.75 Å². The smallest absolute Gasteiger partial charge is 0.331 e. The number of rotatable bonds is 6. The summed E-state index contributed by atoms with van der Waals surface area (Å²) in [4.78, 5) is 23.3. The lowest BCUT2D eigenvalue weighted by molar-refractivity contribution is -0.135. The number of thioether (sulfide) groups is 1. The number of benzene rings is 2. The average Bonchev–Trinajstić information content (AvgIpc) is 3.07. The molecular weight excluding hydrogens is 513 g/mol. The van der Waals surface area contributed by atoms with Crippen LogP contribution in [-0.2, 0) is 20.9 Å². The minimum Gasteiger partial charge on any atom is -0.488 e. The second-order valence-corrected chi connectivity index (χ2v) is 8.26. The molecule has 1 heterocycles. The molecule has 0 bridgehead atoms. The number of nitrogens with one attached hydrogen (secondary N) is 1. The summed E-state index contributed by atoms with van der Waals surface area (Å²) in [5.74, 6) is -1.15. The van der Waals surface area contributed by atoms with Crippen LogP contribution < -0.4 is 10.1 Å². The van der Waals surface area contributed by atoms with Gasteiger partial charge in [-0.3, -0.25) is 10.1 Å². The quantitative estimate of drug-likeness (QED) is 0.260. The van der Waals surface area contributed by atoms with Gasteiger partial charge in [0, 0.05) is 21.7 Å². The monoisotopic (exact) mass is 525 g/mol. The molecular formula is C20H14BrClFN3O4S. The van der Waals surface area contributed by atoms with Crippen LogP contribution >= 0.6 is 39.3 Å². The lowest BCUT2D eigenvalue weighted by Crippen LogP contribution is -2.19. The van der Waals surface area contributed by atoms with Gasteiger partial charge in [0.2, 0.25) is 0 Å². The highest BCUT2D eigenvalue weighted by atomic mass is 79.9. The van der Waals surface area contributed by atoms with Crippen molar-refractivity contribution in [2.45, 2.75) is 6.61 Å². The van der Waals surface area contributed by atoms with Crippen LogP contribution in [0.1, 0.15) is 11.1 Å². The topological polar surface area (TPSA) is 89.3 Å². The van der Waals surface area contributed by atoms with E-state index in [1.54, 1.807) is 24.3 Å². The summed E-state index contributed by atoms with van der Waals surface area (Å²) in [7, 11) is 1.22. The molecule has 2 aromatic rings. The lowest BCUT2D eigenvalue weighted by Gasteiger charge is -2.11. The predicted octanol–water partition coefficient (Wildman–Crippen LogP) is 4.43. The van der Waals surface area contributed by atoms with Gasteiger partial charge in [0.1, 0.15) is 18.2 Å². The molecule has 0 unspecified atom stereocenters. The van der Waals surface area contributed by atoms with Gasteiger partial charge in [-0.1, -0.05) is 33.6 Å². The largest absolute Gasteiger partial charge is 0.488 e. The van der Waals surface area contributed by atoms with Gasteiger partial charge in [-0.05, 0) is 42.1 Å². The Morgan fingerprint density at radius 2 is 2.16 bits per heavy atom. The van der Waals surface area contributed by atoms with Crippen molar-refractivity contribution < 1.29 is 23.5 Å². The summed E-state index contributed by atoms with van der Waals surface area (Å²) in [6.45, 7) is -0.0733. The van der Waals surface area contributed by atoms with Crippen molar-refractivity contribution in [2.75, 3.05) is 7.11 Å². The number of carbonyl (C=O) groups is 2. The summed E-state index contributed by atoms with van der Waals surface area (Å²) in [5.41, 5.74) is 0.802. The molecule has 11 heteroatoms. The molecule has 160 valence electrons. The number of halogens is 3. The highest BCUT2D eigenvalue weighted by Gasteiger charge is 2.25. The third-order valence-corrected chi connectivity index (χ3v) is 5.60. The Morgan fingerprint density at radius 1 is 1.35 bits per heavy atom. The first kappa shape index (κ1) is 23.0. The van der Waals surface area contributed by atoms with Gasteiger partial charge in [0.05, 0.1) is 23.3 Å². The second-order valence-electron chi connectivity index (χ2n) is 5.91. The van der Waals surface area contributed by atoms with Crippen molar-refractivity contribution >= 4 is 62.6 Å². The first-order valence-electron chi connectivity index (χ1n) is 8.62. The van der Waals surface area contributed by atoms with Crippen LogP contribution in [0.4, 0.5) is 4.39 Å². The molecule has 3 rings (SSSR count). The summed E-state index contributed by atoms with van der Waals surface area (Å²) in [5, 5.41) is 10.9. The Labute approximate surface area is 194 Å². The average molecular weight is 527 g/mol. The molecule has 2 aromatic carbocycles. The molecule has 1 fully saturated rings.